The maximum absolute atomic E-state index is 10.8. The summed E-state index contributed by atoms with van der Waals surface area (Å²) in [5.41, 5.74) is 3.31. The Morgan fingerprint density at radius 2 is 1.85 bits per heavy atom. The number of hydrogen-bond acceptors (Lipinski definition) is 2. The molecule has 0 aliphatic heterocycles. The van der Waals surface area contributed by atoms with Crippen LogP contribution < -0.4 is 0 Å². The fraction of sp³-hybridized carbons (Fsp3) is 0. The van der Waals surface area contributed by atoms with E-state index in [0.717, 1.165) is 23.2 Å². The predicted octanol–water partition coefficient (Wildman–Crippen LogP) is 4.01. The number of aromatic nitrogens is 2. The molecule has 2 aromatic carbocycles. The summed E-state index contributed by atoms with van der Waals surface area (Å²) in [6, 6.07) is 17.1. The van der Waals surface area contributed by atoms with Crippen LogP contribution in [-0.4, -0.2) is 16.1 Å². The van der Waals surface area contributed by atoms with Gasteiger partial charge in [0.1, 0.15) is 0 Å². The van der Waals surface area contributed by atoms with Crippen molar-refractivity contribution in [3.63, 3.8) is 0 Å². The van der Waals surface area contributed by atoms with E-state index in [2.05, 4.69) is 5.10 Å². The molecule has 1 aromatic heterocycles. The molecule has 0 atom stereocenters. The van der Waals surface area contributed by atoms with Crippen molar-refractivity contribution >= 4 is 17.9 Å². The van der Waals surface area contributed by atoms with E-state index < -0.39 is 0 Å². The van der Waals surface area contributed by atoms with Crippen molar-refractivity contribution in [3.8, 4) is 16.9 Å². The molecule has 0 spiro atoms. The first-order valence-corrected chi connectivity index (χ1v) is 6.52. The van der Waals surface area contributed by atoms with E-state index in [1.165, 1.54) is 0 Å². The van der Waals surface area contributed by atoms with Gasteiger partial charge in [0.2, 0.25) is 0 Å². The number of carbonyl (C=O) groups is 1. The highest BCUT2D eigenvalue weighted by Crippen LogP contribution is 2.26. The zero-order valence-corrected chi connectivity index (χ0v) is 11.3. The van der Waals surface area contributed by atoms with Gasteiger partial charge in [-0.15, -0.1) is 0 Å². The topological polar surface area (TPSA) is 34.9 Å². The van der Waals surface area contributed by atoms with Gasteiger partial charge in [-0.2, -0.15) is 5.10 Å². The zero-order valence-electron chi connectivity index (χ0n) is 10.5. The number of halogens is 1. The monoisotopic (exact) mass is 282 g/mol. The summed E-state index contributed by atoms with van der Waals surface area (Å²) in [5.74, 6) is 0. The Morgan fingerprint density at radius 1 is 1.05 bits per heavy atom. The number of nitrogens with zero attached hydrogens (tertiary/aromatic N) is 2. The first kappa shape index (κ1) is 12.6. The number of rotatable bonds is 3. The minimum atomic E-state index is 0.443. The van der Waals surface area contributed by atoms with Gasteiger partial charge in [-0.05, 0) is 30.3 Å². The number of aldehydes is 1. The second-order valence-electron chi connectivity index (χ2n) is 4.32. The summed E-state index contributed by atoms with van der Waals surface area (Å²) in [4.78, 5) is 10.8. The van der Waals surface area contributed by atoms with Gasteiger partial charge in [-0.1, -0.05) is 35.9 Å². The molecule has 20 heavy (non-hydrogen) atoms. The molecule has 4 heteroatoms. The van der Waals surface area contributed by atoms with Crippen molar-refractivity contribution in [2.75, 3.05) is 0 Å². The van der Waals surface area contributed by atoms with Gasteiger partial charge in [-0.3, -0.25) is 4.79 Å². The highest BCUT2D eigenvalue weighted by atomic mass is 35.5. The van der Waals surface area contributed by atoms with Crippen LogP contribution in [0.15, 0.2) is 60.8 Å². The second kappa shape index (κ2) is 5.31. The molecule has 0 saturated heterocycles. The normalized spacial score (nSPS) is 10.4. The molecular formula is C16H11ClN2O. The van der Waals surface area contributed by atoms with Crippen LogP contribution >= 0.6 is 11.6 Å². The highest BCUT2D eigenvalue weighted by Gasteiger charge is 2.09. The molecule has 0 aliphatic carbocycles. The lowest BCUT2D eigenvalue weighted by Crippen LogP contribution is -1.98. The van der Waals surface area contributed by atoms with Gasteiger partial charge in [0, 0.05) is 11.1 Å². The molecule has 0 bridgehead atoms. The van der Waals surface area contributed by atoms with Gasteiger partial charge in [-0.25, -0.2) is 4.68 Å². The molecule has 1 heterocycles. The molecule has 3 aromatic rings. The van der Waals surface area contributed by atoms with E-state index in [9.17, 15) is 4.79 Å². The maximum atomic E-state index is 10.8. The zero-order chi connectivity index (χ0) is 13.9. The van der Waals surface area contributed by atoms with Crippen LogP contribution in [-0.2, 0) is 0 Å². The number of para-hydroxylation sites is 1. The SMILES string of the molecule is O=Cc1ccc(-c2ccnn2-c2ccccc2)cc1Cl. The Hall–Kier alpha value is -2.39. The van der Waals surface area contributed by atoms with E-state index >= 15 is 0 Å². The minimum Gasteiger partial charge on any atom is -0.298 e. The van der Waals surface area contributed by atoms with Crippen molar-refractivity contribution in [2.45, 2.75) is 0 Å². The molecule has 0 N–H and O–H groups in total. The summed E-state index contributed by atoms with van der Waals surface area (Å²) < 4.78 is 1.84. The standard InChI is InChI=1S/C16H11ClN2O/c17-15-10-12(6-7-13(15)11-20)16-8-9-18-19(16)14-4-2-1-3-5-14/h1-11H. The number of benzene rings is 2. The lowest BCUT2D eigenvalue weighted by Gasteiger charge is -2.08. The summed E-state index contributed by atoms with van der Waals surface area (Å²) >= 11 is 6.08. The molecule has 98 valence electrons. The molecule has 0 radical (unpaired) electrons. The van der Waals surface area contributed by atoms with Gasteiger partial charge in [0.05, 0.1) is 22.6 Å². The lowest BCUT2D eigenvalue weighted by atomic mass is 10.1. The van der Waals surface area contributed by atoms with E-state index in [-0.39, 0.29) is 0 Å². The number of carbonyl (C=O) groups excluding carboxylic acids is 1. The fourth-order valence-electron chi connectivity index (χ4n) is 2.08. The second-order valence-corrected chi connectivity index (χ2v) is 4.73. The lowest BCUT2D eigenvalue weighted by molar-refractivity contribution is 0.112. The summed E-state index contributed by atoms with van der Waals surface area (Å²) in [6.07, 6.45) is 2.49. The largest absolute Gasteiger partial charge is 0.298 e. The average Bonchev–Trinajstić information content (AvgIpc) is 2.97. The molecule has 3 nitrogen and oxygen atoms in total. The Bertz CT molecular complexity index is 750. The van der Waals surface area contributed by atoms with Crippen LogP contribution in [0, 0.1) is 0 Å². The molecular weight excluding hydrogens is 272 g/mol. The van der Waals surface area contributed by atoms with Crippen LogP contribution in [0.1, 0.15) is 10.4 Å². The predicted molar refractivity (Wildman–Crippen MR) is 79.4 cm³/mol. The molecule has 0 saturated carbocycles. The van der Waals surface area contributed by atoms with Crippen LogP contribution in [0.5, 0.6) is 0 Å². The maximum Gasteiger partial charge on any atom is 0.151 e. The highest BCUT2D eigenvalue weighted by molar-refractivity contribution is 6.33. The minimum absolute atomic E-state index is 0.443. The Morgan fingerprint density at radius 3 is 2.55 bits per heavy atom. The van der Waals surface area contributed by atoms with Crippen molar-refractivity contribution in [2.24, 2.45) is 0 Å². The van der Waals surface area contributed by atoms with Crippen molar-refractivity contribution in [1.29, 1.82) is 0 Å². The quantitative estimate of drug-likeness (QED) is 0.681. The number of hydrogen-bond donors (Lipinski definition) is 0. The van der Waals surface area contributed by atoms with Gasteiger partial charge < -0.3 is 0 Å². The van der Waals surface area contributed by atoms with Crippen LogP contribution in [0.2, 0.25) is 5.02 Å². The summed E-state index contributed by atoms with van der Waals surface area (Å²) in [6.45, 7) is 0. The summed E-state index contributed by atoms with van der Waals surface area (Å²) in [7, 11) is 0. The summed E-state index contributed by atoms with van der Waals surface area (Å²) in [5, 5.41) is 4.78. The molecule has 0 fully saturated rings. The fourth-order valence-corrected chi connectivity index (χ4v) is 2.30. The van der Waals surface area contributed by atoms with Crippen LogP contribution in [0.25, 0.3) is 16.9 Å². The molecule has 3 rings (SSSR count). The Balaban J connectivity index is 2.10. The average molecular weight is 283 g/mol. The van der Waals surface area contributed by atoms with Crippen molar-refractivity contribution in [1.82, 2.24) is 9.78 Å². The van der Waals surface area contributed by atoms with E-state index in [1.54, 1.807) is 18.3 Å². The van der Waals surface area contributed by atoms with Gasteiger partial charge in [0.25, 0.3) is 0 Å². The smallest absolute Gasteiger partial charge is 0.151 e. The molecule has 0 aliphatic rings. The first-order valence-electron chi connectivity index (χ1n) is 6.14. The van der Waals surface area contributed by atoms with Crippen LogP contribution in [0.3, 0.4) is 0 Å². The molecule has 0 amide bonds. The molecule has 0 unspecified atom stereocenters. The van der Waals surface area contributed by atoms with E-state index in [1.807, 2.05) is 47.1 Å². The third kappa shape index (κ3) is 2.24. The van der Waals surface area contributed by atoms with E-state index in [4.69, 9.17) is 11.6 Å². The van der Waals surface area contributed by atoms with Crippen LogP contribution in [0.4, 0.5) is 0 Å². The third-order valence-electron chi connectivity index (χ3n) is 3.07. The van der Waals surface area contributed by atoms with Crippen molar-refractivity contribution < 1.29 is 4.79 Å². The first-order chi connectivity index (χ1) is 9.79. The third-order valence-corrected chi connectivity index (χ3v) is 3.39. The Labute approximate surface area is 121 Å². The Kier molecular flexibility index (Phi) is 3.35. The van der Waals surface area contributed by atoms with Crippen molar-refractivity contribution in [3.05, 3.63) is 71.4 Å². The van der Waals surface area contributed by atoms with Gasteiger partial charge >= 0.3 is 0 Å². The van der Waals surface area contributed by atoms with E-state index in [0.29, 0.717) is 10.6 Å². The van der Waals surface area contributed by atoms with Gasteiger partial charge in [0.15, 0.2) is 6.29 Å².